The number of halogens is 1. The van der Waals surface area contributed by atoms with Gasteiger partial charge < -0.3 is 11.1 Å². The molecule has 8 heteroatoms. The molecule has 3 N–H and O–H groups in total. The minimum Gasteiger partial charge on any atom is -0.369 e. The second-order valence-electron chi connectivity index (χ2n) is 5.26. The van der Waals surface area contributed by atoms with E-state index in [2.05, 4.69) is 26.2 Å². The fourth-order valence-electron chi connectivity index (χ4n) is 2.03. The van der Waals surface area contributed by atoms with Gasteiger partial charge in [-0.3, -0.25) is 9.59 Å². The van der Waals surface area contributed by atoms with Crippen LogP contribution in [0.1, 0.15) is 29.1 Å². The first-order valence-electron chi connectivity index (χ1n) is 7.27. The number of thioether (sulfide) groups is 1. The second kappa shape index (κ2) is 8.64. The zero-order valence-electron chi connectivity index (χ0n) is 13.3. The molecule has 0 aliphatic carbocycles. The van der Waals surface area contributed by atoms with Crippen molar-refractivity contribution < 1.29 is 9.59 Å². The van der Waals surface area contributed by atoms with Crippen LogP contribution in [0.25, 0.3) is 0 Å². The first kappa shape index (κ1) is 19.0. The van der Waals surface area contributed by atoms with Crippen LogP contribution in [-0.4, -0.2) is 22.6 Å². The average Bonchev–Trinajstić information content (AvgIpc) is 2.85. The van der Waals surface area contributed by atoms with Crippen LogP contribution >= 0.6 is 39.0 Å². The van der Waals surface area contributed by atoms with Gasteiger partial charge in [0.05, 0.1) is 23.9 Å². The lowest BCUT2D eigenvalue weighted by molar-refractivity contribution is -0.119. The number of nitrogens with zero attached hydrogens (tertiary/aromatic N) is 1. The van der Waals surface area contributed by atoms with Gasteiger partial charge in [-0.25, -0.2) is 4.98 Å². The Morgan fingerprint density at radius 1 is 1.38 bits per heavy atom. The van der Waals surface area contributed by atoms with Crippen molar-refractivity contribution in [3.05, 3.63) is 44.9 Å². The van der Waals surface area contributed by atoms with E-state index in [0.717, 1.165) is 24.9 Å². The van der Waals surface area contributed by atoms with E-state index in [1.165, 1.54) is 23.1 Å². The Balaban J connectivity index is 1.86. The third-order valence-electron chi connectivity index (χ3n) is 3.28. The molecule has 0 saturated heterocycles. The summed E-state index contributed by atoms with van der Waals surface area (Å²) >= 11 is 6.17. The fourth-order valence-corrected chi connectivity index (χ4v) is 4.35. The standard InChI is InChI=1S/C16H18BrN3O2S2/c1-9(11-3-5-12(17)6-4-11)19-15(22)8-23-16-20-10(2)13(24-16)7-14(18)21/h3-6,9H,7-8H2,1-2H3,(H2,18,21)(H,19,22)/t9-/m1/s1. The highest BCUT2D eigenvalue weighted by Crippen LogP contribution is 2.27. The van der Waals surface area contributed by atoms with Crippen molar-refractivity contribution in [2.24, 2.45) is 5.73 Å². The Bertz CT molecular complexity index is 731. The van der Waals surface area contributed by atoms with E-state index in [1.807, 2.05) is 38.1 Å². The maximum absolute atomic E-state index is 12.1. The van der Waals surface area contributed by atoms with E-state index in [9.17, 15) is 9.59 Å². The first-order chi connectivity index (χ1) is 11.3. The number of nitrogens with two attached hydrogens (primary N) is 1. The predicted octanol–water partition coefficient (Wildman–Crippen LogP) is 3.21. The van der Waals surface area contributed by atoms with E-state index in [0.29, 0.717) is 0 Å². The molecule has 0 spiro atoms. The molecule has 2 rings (SSSR count). The van der Waals surface area contributed by atoms with Gasteiger partial charge in [-0.1, -0.05) is 39.8 Å². The number of primary amides is 1. The average molecular weight is 428 g/mol. The monoisotopic (exact) mass is 427 g/mol. The molecular formula is C16H18BrN3O2S2. The van der Waals surface area contributed by atoms with Gasteiger partial charge in [0.1, 0.15) is 0 Å². The van der Waals surface area contributed by atoms with Gasteiger partial charge in [0.15, 0.2) is 4.34 Å². The van der Waals surface area contributed by atoms with Gasteiger partial charge in [-0.2, -0.15) is 0 Å². The van der Waals surface area contributed by atoms with Crippen LogP contribution in [0.3, 0.4) is 0 Å². The van der Waals surface area contributed by atoms with E-state index in [-0.39, 0.29) is 30.0 Å². The summed E-state index contributed by atoms with van der Waals surface area (Å²) in [6.07, 6.45) is 0.191. The number of hydrogen-bond donors (Lipinski definition) is 2. The number of aromatic nitrogens is 1. The lowest BCUT2D eigenvalue weighted by Crippen LogP contribution is -2.28. The molecule has 2 amide bonds. The predicted molar refractivity (Wildman–Crippen MR) is 101 cm³/mol. The van der Waals surface area contributed by atoms with E-state index >= 15 is 0 Å². The van der Waals surface area contributed by atoms with Crippen LogP contribution < -0.4 is 11.1 Å². The van der Waals surface area contributed by atoms with Gasteiger partial charge in [0.2, 0.25) is 11.8 Å². The number of amides is 2. The highest BCUT2D eigenvalue weighted by atomic mass is 79.9. The number of carbonyl (C=O) groups is 2. The van der Waals surface area contributed by atoms with Crippen molar-refractivity contribution in [1.29, 1.82) is 0 Å². The minimum absolute atomic E-state index is 0.0558. The van der Waals surface area contributed by atoms with Crippen LogP contribution in [0.2, 0.25) is 0 Å². The minimum atomic E-state index is -0.376. The number of thiazole rings is 1. The summed E-state index contributed by atoms with van der Waals surface area (Å²) in [5.41, 5.74) is 7.05. The molecule has 1 aromatic carbocycles. The Morgan fingerprint density at radius 2 is 2.04 bits per heavy atom. The fraction of sp³-hybridized carbons (Fsp3) is 0.312. The Kier molecular flexibility index (Phi) is 6.82. The molecule has 1 aromatic heterocycles. The van der Waals surface area contributed by atoms with Crippen LogP contribution in [0.5, 0.6) is 0 Å². The second-order valence-corrected chi connectivity index (χ2v) is 8.48. The topological polar surface area (TPSA) is 85.1 Å². The molecule has 2 aromatic rings. The Labute approximate surface area is 157 Å². The van der Waals surface area contributed by atoms with Crippen molar-refractivity contribution in [3.8, 4) is 0 Å². The number of carbonyl (C=O) groups excluding carboxylic acids is 2. The largest absolute Gasteiger partial charge is 0.369 e. The van der Waals surface area contributed by atoms with Crippen molar-refractivity contribution in [3.63, 3.8) is 0 Å². The number of rotatable bonds is 7. The number of nitrogens with one attached hydrogen (secondary N) is 1. The summed E-state index contributed by atoms with van der Waals surface area (Å²) in [5, 5.41) is 2.97. The van der Waals surface area contributed by atoms with Crippen LogP contribution in [0.15, 0.2) is 33.1 Å². The van der Waals surface area contributed by atoms with Gasteiger partial charge >= 0.3 is 0 Å². The maximum Gasteiger partial charge on any atom is 0.230 e. The smallest absolute Gasteiger partial charge is 0.230 e. The lowest BCUT2D eigenvalue weighted by atomic mass is 10.1. The third kappa shape index (κ3) is 5.61. The summed E-state index contributed by atoms with van der Waals surface area (Å²) in [6.45, 7) is 3.79. The molecule has 0 aliphatic heterocycles. The number of hydrogen-bond acceptors (Lipinski definition) is 5. The highest BCUT2D eigenvalue weighted by molar-refractivity contribution is 9.10. The summed E-state index contributed by atoms with van der Waals surface area (Å²) in [6, 6.07) is 7.79. The highest BCUT2D eigenvalue weighted by Gasteiger charge is 2.13. The molecule has 0 unspecified atom stereocenters. The summed E-state index contributed by atoms with van der Waals surface area (Å²) in [7, 11) is 0. The summed E-state index contributed by atoms with van der Waals surface area (Å²) in [4.78, 5) is 28.3. The molecule has 0 bridgehead atoms. The van der Waals surface area contributed by atoms with Crippen LogP contribution in [0, 0.1) is 6.92 Å². The first-order valence-corrected chi connectivity index (χ1v) is 9.87. The Morgan fingerprint density at radius 3 is 2.67 bits per heavy atom. The molecular weight excluding hydrogens is 410 g/mol. The van der Waals surface area contributed by atoms with Crippen LogP contribution in [-0.2, 0) is 16.0 Å². The Hall–Kier alpha value is -1.38. The maximum atomic E-state index is 12.1. The molecule has 24 heavy (non-hydrogen) atoms. The van der Waals surface area contributed by atoms with Crippen LogP contribution in [0.4, 0.5) is 0 Å². The zero-order valence-corrected chi connectivity index (χ0v) is 16.6. The molecule has 0 radical (unpaired) electrons. The van der Waals surface area contributed by atoms with Crippen molar-refractivity contribution in [2.75, 3.05) is 5.75 Å². The molecule has 1 heterocycles. The SMILES string of the molecule is Cc1nc(SCC(=O)N[C@H](C)c2ccc(Br)cc2)sc1CC(N)=O. The van der Waals surface area contributed by atoms with Gasteiger partial charge in [-0.05, 0) is 31.5 Å². The zero-order chi connectivity index (χ0) is 17.7. The van der Waals surface area contributed by atoms with Gasteiger partial charge in [-0.15, -0.1) is 11.3 Å². The quantitative estimate of drug-likeness (QED) is 0.664. The molecule has 1 atom stereocenters. The number of benzene rings is 1. The van der Waals surface area contributed by atoms with Gasteiger partial charge in [0, 0.05) is 9.35 Å². The normalized spacial score (nSPS) is 12.0. The molecule has 128 valence electrons. The van der Waals surface area contributed by atoms with Crippen molar-refractivity contribution in [1.82, 2.24) is 10.3 Å². The lowest BCUT2D eigenvalue weighted by Gasteiger charge is -2.14. The van der Waals surface area contributed by atoms with E-state index in [1.54, 1.807) is 0 Å². The van der Waals surface area contributed by atoms with E-state index in [4.69, 9.17) is 5.73 Å². The number of aryl methyl sites for hydroxylation is 1. The summed E-state index contributed by atoms with van der Waals surface area (Å²) in [5.74, 6) is -0.150. The molecule has 0 fully saturated rings. The van der Waals surface area contributed by atoms with Gasteiger partial charge in [0.25, 0.3) is 0 Å². The third-order valence-corrected chi connectivity index (χ3v) is 6.11. The molecule has 0 aliphatic rings. The van der Waals surface area contributed by atoms with E-state index < -0.39 is 0 Å². The molecule has 0 saturated carbocycles. The summed E-state index contributed by atoms with van der Waals surface area (Å²) < 4.78 is 1.78. The van der Waals surface area contributed by atoms with Crippen molar-refractivity contribution >= 4 is 50.8 Å². The van der Waals surface area contributed by atoms with Crippen molar-refractivity contribution in [2.45, 2.75) is 30.6 Å². The molecule has 5 nitrogen and oxygen atoms in total.